The number of nitrogens with two attached hydrogens (primary N) is 1. The van der Waals surface area contributed by atoms with Gasteiger partial charge in [0.1, 0.15) is 5.54 Å². The van der Waals surface area contributed by atoms with Crippen LogP contribution in [0.15, 0.2) is 28.7 Å². The Balaban J connectivity index is 1.62. The van der Waals surface area contributed by atoms with E-state index in [9.17, 15) is 4.79 Å². The van der Waals surface area contributed by atoms with Crippen molar-refractivity contribution in [1.29, 1.82) is 0 Å². The molecule has 1 aromatic rings. The highest BCUT2D eigenvalue weighted by atomic mass is 79.9. The molecule has 3 N–H and O–H groups in total. The Kier molecular flexibility index (Phi) is 5.09. The summed E-state index contributed by atoms with van der Waals surface area (Å²) in [5.74, 6) is 1.59. The lowest BCUT2D eigenvalue weighted by Crippen LogP contribution is -2.53. The van der Waals surface area contributed by atoms with Crippen molar-refractivity contribution in [2.24, 2.45) is 17.6 Å². The number of piperidine rings is 1. The van der Waals surface area contributed by atoms with E-state index in [2.05, 4.69) is 21.2 Å². The van der Waals surface area contributed by atoms with Gasteiger partial charge in [0, 0.05) is 17.6 Å². The third kappa shape index (κ3) is 3.62. The molecule has 5 heteroatoms. The Morgan fingerprint density at radius 2 is 1.87 bits per heavy atom. The van der Waals surface area contributed by atoms with E-state index in [0.29, 0.717) is 0 Å². The number of carbonyl (C=O) groups excluding carboxylic acids is 1. The van der Waals surface area contributed by atoms with E-state index < -0.39 is 5.54 Å². The van der Waals surface area contributed by atoms with Crippen LogP contribution < -0.4 is 11.1 Å². The summed E-state index contributed by atoms with van der Waals surface area (Å²) in [7, 11) is 0. The molecule has 0 saturated carbocycles. The molecule has 1 aromatic carbocycles. The number of halogens is 1. The normalized spacial score (nSPS) is 25.3. The molecule has 2 atom stereocenters. The molecule has 4 nitrogen and oxygen atoms in total. The average molecular weight is 380 g/mol. The molecule has 2 fully saturated rings. The van der Waals surface area contributed by atoms with Crippen molar-refractivity contribution >= 4 is 21.8 Å². The van der Waals surface area contributed by atoms with Gasteiger partial charge in [0.25, 0.3) is 0 Å². The summed E-state index contributed by atoms with van der Waals surface area (Å²) in [5, 5.41) is 3.45. The van der Waals surface area contributed by atoms with Crippen LogP contribution in [0.2, 0.25) is 0 Å². The molecule has 2 unspecified atom stereocenters. The third-order valence-electron chi connectivity index (χ3n) is 5.48. The van der Waals surface area contributed by atoms with Crippen LogP contribution in [-0.2, 0) is 10.3 Å². The molecular formula is C18H26BrN3O. The maximum atomic E-state index is 12.9. The first-order valence-electron chi connectivity index (χ1n) is 8.53. The summed E-state index contributed by atoms with van der Waals surface area (Å²) < 4.78 is 0.996. The fourth-order valence-electron chi connectivity index (χ4n) is 3.90. The number of rotatable bonds is 3. The third-order valence-corrected chi connectivity index (χ3v) is 6.01. The van der Waals surface area contributed by atoms with Gasteiger partial charge in [0.05, 0.1) is 0 Å². The lowest BCUT2D eigenvalue weighted by molar-refractivity contribution is -0.138. The molecule has 3 rings (SSSR count). The number of nitrogens with zero attached hydrogens (tertiary/aromatic N) is 1. The summed E-state index contributed by atoms with van der Waals surface area (Å²) in [5.41, 5.74) is 6.32. The second-order valence-corrected chi connectivity index (χ2v) is 8.01. The lowest BCUT2D eigenvalue weighted by Gasteiger charge is -2.38. The molecule has 2 heterocycles. The second-order valence-electron chi connectivity index (χ2n) is 7.09. The standard InChI is InChI=1S/C18H26BrN3O/c1-18(20,15-2-4-16(19)5-3-15)17(23)22-10-7-13(8-11-22)14-6-9-21-12-14/h2-5,13-14,21H,6-12,20H2,1H3. The minimum atomic E-state index is -0.956. The fraction of sp³-hybridized carbons (Fsp3) is 0.611. The summed E-state index contributed by atoms with van der Waals surface area (Å²) in [4.78, 5) is 14.9. The highest BCUT2D eigenvalue weighted by Gasteiger charge is 2.37. The van der Waals surface area contributed by atoms with E-state index in [-0.39, 0.29) is 5.91 Å². The highest BCUT2D eigenvalue weighted by Crippen LogP contribution is 2.31. The molecule has 2 aliphatic heterocycles. The summed E-state index contributed by atoms with van der Waals surface area (Å²) in [6.45, 7) is 5.79. The van der Waals surface area contributed by atoms with Crippen molar-refractivity contribution in [3.05, 3.63) is 34.3 Å². The molecule has 126 valence electrons. The Morgan fingerprint density at radius 1 is 1.22 bits per heavy atom. The topological polar surface area (TPSA) is 58.4 Å². The molecule has 23 heavy (non-hydrogen) atoms. The van der Waals surface area contributed by atoms with E-state index in [1.165, 1.54) is 6.42 Å². The van der Waals surface area contributed by atoms with E-state index in [4.69, 9.17) is 5.73 Å². The first kappa shape index (κ1) is 16.9. The molecule has 0 aromatic heterocycles. The van der Waals surface area contributed by atoms with Crippen molar-refractivity contribution in [1.82, 2.24) is 10.2 Å². The zero-order chi connectivity index (χ0) is 16.4. The Bertz CT molecular complexity index is 544. The molecule has 0 aliphatic carbocycles. The lowest BCUT2D eigenvalue weighted by atomic mass is 9.83. The predicted molar refractivity (Wildman–Crippen MR) is 96.0 cm³/mol. The van der Waals surface area contributed by atoms with Crippen LogP contribution in [0.4, 0.5) is 0 Å². The van der Waals surface area contributed by atoms with Gasteiger partial charge in [-0.1, -0.05) is 28.1 Å². The van der Waals surface area contributed by atoms with Crippen molar-refractivity contribution in [2.75, 3.05) is 26.2 Å². The molecule has 1 amide bonds. The maximum Gasteiger partial charge on any atom is 0.246 e. The van der Waals surface area contributed by atoms with E-state index >= 15 is 0 Å². The first-order chi connectivity index (χ1) is 11.0. The monoisotopic (exact) mass is 379 g/mol. The van der Waals surface area contributed by atoms with Gasteiger partial charge in [-0.05, 0) is 68.8 Å². The van der Waals surface area contributed by atoms with Crippen molar-refractivity contribution in [3.63, 3.8) is 0 Å². The number of hydrogen-bond acceptors (Lipinski definition) is 3. The average Bonchev–Trinajstić information content (AvgIpc) is 3.09. The summed E-state index contributed by atoms with van der Waals surface area (Å²) >= 11 is 3.42. The van der Waals surface area contributed by atoms with Crippen molar-refractivity contribution in [2.45, 2.75) is 31.7 Å². The van der Waals surface area contributed by atoms with Crippen LogP contribution in [0.5, 0.6) is 0 Å². The summed E-state index contributed by atoms with van der Waals surface area (Å²) in [6.07, 6.45) is 3.50. The molecule has 2 aliphatic rings. The molecule has 0 spiro atoms. The van der Waals surface area contributed by atoms with Crippen LogP contribution in [0.25, 0.3) is 0 Å². The molecular weight excluding hydrogens is 354 g/mol. The SMILES string of the molecule is CC(N)(C(=O)N1CCC(C2CCNC2)CC1)c1ccc(Br)cc1. The van der Waals surface area contributed by atoms with Crippen LogP contribution >= 0.6 is 15.9 Å². The number of amides is 1. The highest BCUT2D eigenvalue weighted by molar-refractivity contribution is 9.10. The van der Waals surface area contributed by atoms with E-state index in [0.717, 1.165) is 60.9 Å². The minimum absolute atomic E-state index is 0.0443. The van der Waals surface area contributed by atoms with Gasteiger partial charge in [-0.25, -0.2) is 0 Å². The van der Waals surface area contributed by atoms with Crippen LogP contribution in [0, 0.1) is 11.8 Å². The Labute approximate surface area is 146 Å². The molecule has 2 saturated heterocycles. The fourth-order valence-corrected chi connectivity index (χ4v) is 4.17. The van der Waals surface area contributed by atoms with Gasteiger partial charge in [-0.15, -0.1) is 0 Å². The Hall–Kier alpha value is -0.910. The number of carbonyl (C=O) groups is 1. The van der Waals surface area contributed by atoms with Gasteiger partial charge < -0.3 is 16.0 Å². The summed E-state index contributed by atoms with van der Waals surface area (Å²) in [6, 6.07) is 7.73. The zero-order valence-corrected chi connectivity index (χ0v) is 15.3. The van der Waals surface area contributed by atoms with Crippen molar-refractivity contribution < 1.29 is 4.79 Å². The quantitative estimate of drug-likeness (QED) is 0.847. The van der Waals surface area contributed by atoms with Crippen LogP contribution in [-0.4, -0.2) is 37.0 Å². The smallest absolute Gasteiger partial charge is 0.246 e. The number of likely N-dealkylation sites (tertiary alicyclic amines) is 1. The minimum Gasteiger partial charge on any atom is -0.341 e. The van der Waals surface area contributed by atoms with E-state index in [1.54, 1.807) is 0 Å². The largest absolute Gasteiger partial charge is 0.341 e. The van der Waals surface area contributed by atoms with Gasteiger partial charge in [-0.3, -0.25) is 4.79 Å². The second kappa shape index (κ2) is 6.91. The van der Waals surface area contributed by atoms with Crippen molar-refractivity contribution in [3.8, 4) is 0 Å². The molecule has 0 radical (unpaired) electrons. The van der Waals surface area contributed by atoms with E-state index in [1.807, 2.05) is 36.1 Å². The maximum absolute atomic E-state index is 12.9. The number of hydrogen-bond donors (Lipinski definition) is 2. The van der Waals surface area contributed by atoms with Gasteiger partial charge in [0.2, 0.25) is 5.91 Å². The Morgan fingerprint density at radius 3 is 2.43 bits per heavy atom. The number of nitrogens with one attached hydrogen (secondary N) is 1. The predicted octanol–water partition coefficient (Wildman–Crippen LogP) is 2.47. The zero-order valence-electron chi connectivity index (χ0n) is 13.7. The first-order valence-corrected chi connectivity index (χ1v) is 9.33. The molecule has 0 bridgehead atoms. The number of benzene rings is 1. The van der Waals surface area contributed by atoms with Crippen LogP contribution in [0.1, 0.15) is 31.7 Å². The van der Waals surface area contributed by atoms with Crippen LogP contribution in [0.3, 0.4) is 0 Å². The van der Waals surface area contributed by atoms with Gasteiger partial charge in [-0.2, -0.15) is 0 Å². The van der Waals surface area contributed by atoms with Gasteiger partial charge >= 0.3 is 0 Å². The van der Waals surface area contributed by atoms with Gasteiger partial charge in [0.15, 0.2) is 0 Å².